The minimum Gasteiger partial charge on any atom is -0.354 e. The Kier molecular flexibility index (Phi) is 4.39. The Balaban J connectivity index is 1.62. The zero-order chi connectivity index (χ0) is 15.5. The van der Waals surface area contributed by atoms with Crippen molar-refractivity contribution < 1.29 is 4.79 Å². The third kappa shape index (κ3) is 3.63. The van der Waals surface area contributed by atoms with Crippen LogP contribution in [-0.2, 0) is 11.3 Å². The lowest BCUT2D eigenvalue weighted by Crippen LogP contribution is -2.43. The van der Waals surface area contributed by atoms with Gasteiger partial charge in [-0.2, -0.15) is 0 Å². The molecule has 0 bridgehead atoms. The highest BCUT2D eigenvalue weighted by Gasteiger charge is 2.19. The van der Waals surface area contributed by atoms with Crippen LogP contribution < -0.4 is 5.32 Å². The summed E-state index contributed by atoms with van der Waals surface area (Å²) in [5, 5.41) is 4.23. The minimum absolute atomic E-state index is 0.0794. The van der Waals surface area contributed by atoms with Crippen molar-refractivity contribution in [2.45, 2.75) is 39.3 Å². The smallest absolute Gasteiger partial charge is 0.217 e. The predicted molar refractivity (Wildman–Crippen MR) is 88.6 cm³/mol. The van der Waals surface area contributed by atoms with Gasteiger partial charge < -0.3 is 5.32 Å². The molecule has 1 saturated heterocycles. The Morgan fingerprint density at radius 3 is 2.77 bits per heavy atom. The summed E-state index contributed by atoms with van der Waals surface area (Å²) in [4.78, 5) is 18.1. The van der Waals surface area contributed by atoms with Gasteiger partial charge in [0.15, 0.2) is 0 Å². The number of aromatic nitrogens is 1. The molecule has 1 amide bonds. The predicted octanol–water partition coefficient (Wildman–Crippen LogP) is 2.64. The highest BCUT2D eigenvalue weighted by molar-refractivity contribution is 5.79. The van der Waals surface area contributed by atoms with Gasteiger partial charge in [0.1, 0.15) is 0 Å². The molecule has 1 aromatic carbocycles. The lowest BCUT2D eigenvalue weighted by molar-refractivity contribution is -0.119. The summed E-state index contributed by atoms with van der Waals surface area (Å²) in [6, 6.07) is 11.1. The molecule has 2 heterocycles. The Labute approximate surface area is 131 Å². The van der Waals surface area contributed by atoms with Crippen LogP contribution in [-0.4, -0.2) is 34.9 Å². The molecule has 1 N–H and O–H groups in total. The van der Waals surface area contributed by atoms with Crippen LogP contribution in [0.15, 0.2) is 30.3 Å². The topological polar surface area (TPSA) is 45.2 Å². The van der Waals surface area contributed by atoms with Crippen LogP contribution in [0.5, 0.6) is 0 Å². The van der Waals surface area contributed by atoms with E-state index in [1.54, 1.807) is 6.92 Å². The molecule has 1 aromatic heterocycles. The zero-order valence-corrected chi connectivity index (χ0v) is 13.3. The standard InChI is InChI=1S/C18H23N3O/c1-13-3-5-16-11-15(4-6-18(16)19-13)12-21-9-7-17(8-10-21)20-14(2)22/h3-6,11,17H,7-10,12H2,1-2H3,(H,20,22). The van der Waals surface area contributed by atoms with Crippen LogP contribution in [0.2, 0.25) is 0 Å². The number of pyridine rings is 1. The van der Waals surface area contributed by atoms with Gasteiger partial charge in [-0.1, -0.05) is 12.1 Å². The van der Waals surface area contributed by atoms with Crippen LogP contribution in [0.3, 0.4) is 0 Å². The van der Waals surface area contributed by atoms with E-state index >= 15 is 0 Å². The number of hydrogen-bond acceptors (Lipinski definition) is 3. The molecule has 4 nitrogen and oxygen atoms in total. The van der Waals surface area contributed by atoms with Gasteiger partial charge in [-0.25, -0.2) is 0 Å². The van der Waals surface area contributed by atoms with Crippen molar-refractivity contribution in [3.63, 3.8) is 0 Å². The van der Waals surface area contributed by atoms with Crippen molar-refractivity contribution in [3.05, 3.63) is 41.6 Å². The van der Waals surface area contributed by atoms with Crippen molar-refractivity contribution in [1.29, 1.82) is 0 Å². The molecule has 4 heteroatoms. The average Bonchev–Trinajstić information content (AvgIpc) is 2.49. The van der Waals surface area contributed by atoms with Gasteiger partial charge in [-0.05, 0) is 43.5 Å². The highest BCUT2D eigenvalue weighted by Crippen LogP contribution is 2.18. The quantitative estimate of drug-likeness (QED) is 0.947. The fraction of sp³-hybridized carbons (Fsp3) is 0.444. The van der Waals surface area contributed by atoms with Crippen molar-refractivity contribution in [2.75, 3.05) is 13.1 Å². The number of likely N-dealkylation sites (tertiary alicyclic amines) is 1. The molecule has 1 fully saturated rings. The molecule has 116 valence electrons. The zero-order valence-electron chi connectivity index (χ0n) is 13.3. The fourth-order valence-corrected chi connectivity index (χ4v) is 3.16. The van der Waals surface area contributed by atoms with E-state index < -0.39 is 0 Å². The maximum absolute atomic E-state index is 11.1. The first-order valence-electron chi connectivity index (χ1n) is 7.96. The number of amides is 1. The molecule has 0 radical (unpaired) electrons. The van der Waals surface area contributed by atoms with Gasteiger partial charge in [0, 0.05) is 43.7 Å². The van der Waals surface area contributed by atoms with Gasteiger partial charge in [0.05, 0.1) is 5.52 Å². The van der Waals surface area contributed by atoms with E-state index in [1.165, 1.54) is 10.9 Å². The van der Waals surface area contributed by atoms with Crippen LogP contribution in [0.25, 0.3) is 10.9 Å². The molecule has 0 unspecified atom stereocenters. The van der Waals surface area contributed by atoms with Gasteiger partial charge in [-0.3, -0.25) is 14.7 Å². The lowest BCUT2D eigenvalue weighted by Gasteiger charge is -2.32. The van der Waals surface area contributed by atoms with E-state index in [0.29, 0.717) is 6.04 Å². The van der Waals surface area contributed by atoms with Gasteiger partial charge >= 0.3 is 0 Å². The van der Waals surface area contributed by atoms with E-state index in [1.807, 2.05) is 6.92 Å². The van der Waals surface area contributed by atoms with Crippen LogP contribution in [0, 0.1) is 6.92 Å². The molecule has 22 heavy (non-hydrogen) atoms. The van der Waals surface area contributed by atoms with Crippen molar-refractivity contribution in [2.24, 2.45) is 0 Å². The Hall–Kier alpha value is -1.94. The molecule has 0 saturated carbocycles. The summed E-state index contributed by atoms with van der Waals surface area (Å²) in [5.74, 6) is 0.0794. The summed E-state index contributed by atoms with van der Waals surface area (Å²) in [6.45, 7) is 6.66. The van der Waals surface area contributed by atoms with Gasteiger partial charge in [0.2, 0.25) is 5.91 Å². The normalized spacial score (nSPS) is 16.8. The molecule has 0 spiro atoms. The van der Waals surface area contributed by atoms with E-state index in [0.717, 1.165) is 43.7 Å². The van der Waals surface area contributed by atoms with Crippen molar-refractivity contribution >= 4 is 16.8 Å². The van der Waals surface area contributed by atoms with E-state index in [9.17, 15) is 4.79 Å². The molecule has 0 atom stereocenters. The fourth-order valence-electron chi connectivity index (χ4n) is 3.16. The van der Waals surface area contributed by atoms with E-state index in [2.05, 4.69) is 45.5 Å². The third-order valence-corrected chi connectivity index (χ3v) is 4.29. The Bertz CT molecular complexity index is 675. The number of nitrogens with one attached hydrogen (secondary N) is 1. The number of rotatable bonds is 3. The van der Waals surface area contributed by atoms with Crippen molar-refractivity contribution in [1.82, 2.24) is 15.2 Å². The second-order valence-corrected chi connectivity index (χ2v) is 6.23. The molecular weight excluding hydrogens is 274 g/mol. The molecular formula is C18H23N3O. The SMILES string of the molecule is CC(=O)NC1CCN(Cc2ccc3nc(C)ccc3c2)CC1. The minimum atomic E-state index is 0.0794. The number of fused-ring (bicyclic) bond motifs is 1. The lowest BCUT2D eigenvalue weighted by atomic mass is 10.0. The molecule has 3 rings (SSSR count). The monoisotopic (exact) mass is 297 g/mol. The number of hydrogen-bond donors (Lipinski definition) is 1. The van der Waals surface area contributed by atoms with E-state index in [-0.39, 0.29) is 5.91 Å². The summed E-state index contributed by atoms with van der Waals surface area (Å²) >= 11 is 0. The van der Waals surface area contributed by atoms with Crippen LogP contribution in [0.1, 0.15) is 31.0 Å². The first-order valence-corrected chi connectivity index (χ1v) is 7.96. The number of benzene rings is 1. The number of nitrogens with zero attached hydrogens (tertiary/aromatic N) is 2. The second-order valence-electron chi connectivity index (χ2n) is 6.23. The molecule has 0 aliphatic carbocycles. The maximum atomic E-state index is 11.1. The first-order chi connectivity index (χ1) is 10.6. The molecule has 1 aliphatic heterocycles. The number of carbonyl (C=O) groups excluding carboxylic acids is 1. The highest BCUT2D eigenvalue weighted by atomic mass is 16.1. The van der Waals surface area contributed by atoms with Crippen LogP contribution in [0.4, 0.5) is 0 Å². The first kappa shape index (κ1) is 15.0. The summed E-state index contributed by atoms with van der Waals surface area (Å²) in [6.07, 6.45) is 2.07. The summed E-state index contributed by atoms with van der Waals surface area (Å²) in [7, 11) is 0. The summed E-state index contributed by atoms with van der Waals surface area (Å²) < 4.78 is 0. The second kappa shape index (κ2) is 6.44. The maximum Gasteiger partial charge on any atom is 0.217 e. The number of carbonyl (C=O) groups is 1. The van der Waals surface area contributed by atoms with Crippen molar-refractivity contribution in [3.8, 4) is 0 Å². The molecule has 1 aliphatic rings. The third-order valence-electron chi connectivity index (χ3n) is 4.29. The molecule has 2 aromatic rings. The Morgan fingerprint density at radius 2 is 2.05 bits per heavy atom. The number of piperidine rings is 1. The Morgan fingerprint density at radius 1 is 1.27 bits per heavy atom. The van der Waals surface area contributed by atoms with E-state index in [4.69, 9.17) is 0 Å². The van der Waals surface area contributed by atoms with Gasteiger partial charge in [-0.15, -0.1) is 0 Å². The number of aryl methyl sites for hydroxylation is 1. The van der Waals surface area contributed by atoms with Gasteiger partial charge in [0.25, 0.3) is 0 Å². The summed E-state index contributed by atoms with van der Waals surface area (Å²) in [5.41, 5.74) is 3.45. The largest absolute Gasteiger partial charge is 0.354 e. The average molecular weight is 297 g/mol. The van der Waals surface area contributed by atoms with Crippen LogP contribution >= 0.6 is 0 Å².